The predicted molar refractivity (Wildman–Crippen MR) is 122 cm³/mol. The van der Waals surface area contributed by atoms with Gasteiger partial charge in [0, 0.05) is 19.1 Å². The molecule has 2 rings (SSSR count). The fourth-order valence-corrected chi connectivity index (χ4v) is 4.56. The lowest BCUT2D eigenvalue weighted by Crippen LogP contribution is -2.49. The standard InChI is InChI=1S/C22H39N5O3/c1-6-8-13-27-19(23)18(20(29)25-21(27)30)26(7-2)17(28)14-24-16-12-10-9-11-15(16)22(3,4)5/h15-16,24H,6-14,23H2,1-5H3,(H,25,29,30). The molecule has 4 N–H and O–H groups in total. The Bertz CT molecular complexity index is 837. The van der Waals surface area contributed by atoms with E-state index in [1.165, 1.54) is 15.9 Å². The number of nitrogens with two attached hydrogens (primary N) is 1. The Balaban J connectivity index is 2.22. The molecule has 8 heteroatoms. The van der Waals surface area contributed by atoms with Crippen LogP contribution in [0, 0.1) is 11.3 Å². The van der Waals surface area contributed by atoms with Gasteiger partial charge in [0.15, 0.2) is 5.69 Å². The van der Waals surface area contributed by atoms with E-state index in [9.17, 15) is 14.4 Å². The van der Waals surface area contributed by atoms with Gasteiger partial charge in [0.1, 0.15) is 5.82 Å². The van der Waals surface area contributed by atoms with Crippen molar-refractivity contribution < 1.29 is 4.79 Å². The molecule has 0 saturated heterocycles. The third-order valence-corrected chi connectivity index (χ3v) is 6.23. The van der Waals surface area contributed by atoms with Gasteiger partial charge in [-0.15, -0.1) is 0 Å². The van der Waals surface area contributed by atoms with Crippen molar-refractivity contribution in [3.8, 4) is 0 Å². The number of likely N-dealkylation sites (N-methyl/N-ethyl adjacent to an activating group) is 1. The number of aromatic amines is 1. The van der Waals surface area contributed by atoms with Crippen LogP contribution in [0.3, 0.4) is 0 Å². The number of aromatic nitrogens is 2. The van der Waals surface area contributed by atoms with Crippen LogP contribution in [0.5, 0.6) is 0 Å². The SMILES string of the molecule is CCCCn1c(N)c(N(CC)C(=O)CNC2CCCCC2C(C)(C)C)c(=O)[nH]c1=O. The fraction of sp³-hybridized carbons (Fsp3) is 0.773. The van der Waals surface area contributed by atoms with Gasteiger partial charge in [-0.3, -0.25) is 19.1 Å². The van der Waals surface area contributed by atoms with Crippen molar-refractivity contribution in [2.45, 2.75) is 85.7 Å². The fourth-order valence-electron chi connectivity index (χ4n) is 4.56. The van der Waals surface area contributed by atoms with E-state index in [1.54, 1.807) is 6.92 Å². The quantitative estimate of drug-likeness (QED) is 0.597. The summed E-state index contributed by atoms with van der Waals surface area (Å²) in [5, 5.41) is 3.45. The van der Waals surface area contributed by atoms with Crippen LogP contribution in [-0.4, -0.2) is 34.6 Å². The predicted octanol–water partition coefficient (Wildman–Crippen LogP) is 2.47. The van der Waals surface area contributed by atoms with Crippen molar-refractivity contribution in [1.82, 2.24) is 14.9 Å². The van der Waals surface area contributed by atoms with Crippen LogP contribution in [0.2, 0.25) is 0 Å². The molecule has 170 valence electrons. The molecule has 0 spiro atoms. The first-order valence-corrected chi connectivity index (χ1v) is 11.3. The highest BCUT2D eigenvalue weighted by molar-refractivity contribution is 5.96. The van der Waals surface area contributed by atoms with Crippen molar-refractivity contribution in [2.24, 2.45) is 11.3 Å². The molecule has 30 heavy (non-hydrogen) atoms. The largest absolute Gasteiger partial charge is 0.383 e. The molecule has 1 aromatic heterocycles. The zero-order valence-electron chi connectivity index (χ0n) is 19.2. The second-order valence-corrected chi connectivity index (χ2v) is 9.38. The number of anilines is 2. The topological polar surface area (TPSA) is 113 Å². The van der Waals surface area contributed by atoms with E-state index < -0.39 is 11.2 Å². The summed E-state index contributed by atoms with van der Waals surface area (Å²) in [6.45, 7) is 11.4. The second-order valence-electron chi connectivity index (χ2n) is 9.38. The van der Waals surface area contributed by atoms with Gasteiger partial charge < -0.3 is 16.0 Å². The smallest absolute Gasteiger partial charge is 0.330 e. The molecule has 2 unspecified atom stereocenters. The number of nitrogens with one attached hydrogen (secondary N) is 2. The van der Waals surface area contributed by atoms with E-state index in [0.29, 0.717) is 19.0 Å². The van der Waals surface area contributed by atoms with Gasteiger partial charge in [0.05, 0.1) is 6.54 Å². The van der Waals surface area contributed by atoms with Gasteiger partial charge in [0.2, 0.25) is 5.91 Å². The summed E-state index contributed by atoms with van der Waals surface area (Å²) >= 11 is 0. The number of hydrogen-bond acceptors (Lipinski definition) is 5. The highest BCUT2D eigenvalue weighted by Crippen LogP contribution is 2.37. The van der Waals surface area contributed by atoms with E-state index in [0.717, 1.165) is 32.1 Å². The average Bonchev–Trinajstić information content (AvgIpc) is 2.68. The molecule has 1 aliphatic carbocycles. The van der Waals surface area contributed by atoms with Crippen LogP contribution in [0.25, 0.3) is 0 Å². The van der Waals surface area contributed by atoms with E-state index in [1.807, 2.05) is 6.92 Å². The molecular formula is C22H39N5O3. The number of unbranched alkanes of at least 4 members (excludes halogenated alkanes) is 1. The lowest BCUT2D eigenvalue weighted by Gasteiger charge is -2.41. The summed E-state index contributed by atoms with van der Waals surface area (Å²) in [5.41, 5.74) is 5.27. The number of nitrogen functional groups attached to an aromatic ring is 1. The third-order valence-electron chi connectivity index (χ3n) is 6.23. The van der Waals surface area contributed by atoms with Crippen LogP contribution < -0.4 is 27.2 Å². The van der Waals surface area contributed by atoms with Crippen molar-refractivity contribution in [3.63, 3.8) is 0 Å². The molecule has 0 aromatic carbocycles. The summed E-state index contributed by atoms with van der Waals surface area (Å²) in [5.74, 6) is 0.338. The number of rotatable bonds is 8. The van der Waals surface area contributed by atoms with E-state index in [4.69, 9.17) is 5.73 Å². The van der Waals surface area contributed by atoms with Gasteiger partial charge in [-0.2, -0.15) is 0 Å². The number of carbonyl (C=O) groups is 1. The van der Waals surface area contributed by atoms with E-state index in [2.05, 4.69) is 31.1 Å². The monoisotopic (exact) mass is 421 g/mol. The molecule has 0 aliphatic heterocycles. The van der Waals surface area contributed by atoms with Crippen LogP contribution in [0.15, 0.2) is 9.59 Å². The van der Waals surface area contributed by atoms with Gasteiger partial charge in [-0.05, 0) is 37.5 Å². The van der Waals surface area contributed by atoms with Gasteiger partial charge in [-0.1, -0.05) is 47.0 Å². The minimum absolute atomic E-state index is 0.0534. The Kier molecular flexibility index (Phi) is 8.29. The Morgan fingerprint density at radius 1 is 1.23 bits per heavy atom. The van der Waals surface area contributed by atoms with Crippen LogP contribution in [0.1, 0.15) is 73.1 Å². The number of nitrogens with zero attached hydrogens (tertiary/aromatic N) is 2. The Labute approximate surface area is 179 Å². The molecule has 1 aromatic rings. The first kappa shape index (κ1) is 24.2. The number of hydrogen-bond donors (Lipinski definition) is 3. The van der Waals surface area contributed by atoms with Gasteiger partial charge in [-0.25, -0.2) is 4.79 Å². The molecule has 1 aliphatic rings. The minimum Gasteiger partial charge on any atom is -0.383 e. The van der Waals surface area contributed by atoms with E-state index in [-0.39, 0.29) is 35.4 Å². The summed E-state index contributed by atoms with van der Waals surface area (Å²) < 4.78 is 1.35. The summed E-state index contributed by atoms with van der Waals surface area (Å²) in [4.78, 5) is 41.5. The van der Waals surface area contributed by atoms with Crippen molar-refractivity contribution >= 4 is 17.4 Å². The highest BCUT2D eigenvalue weighted by Gasteiger charge is 2.34. The first-order chi connectivity index (χ1) is 14.1. The maximum absolute atomic E-state index is 13.1. The highest BCUT2D eigenvalue weighted by atomic mass is 16.2. The van der Waals surface area contributed by atoms with Crippen molar-refractivity contribution in [2.75, 3.05) is 23.7 Å². The lowest BCUT2D eigenvalue weighted by atomic mass is 9.69. The third kappa shape index (κ3) is 5.53. The number of amides is 1. The maximum Gasteiger partial charge on any atom is 0.330 e. The zero-order chi connectivity index (χ0) is 22.5. The maximum atomic E-state index is 13.1. The van der Waals surface area contributed by atoms with Crippen LogP contribution in [0.4, 0.5) is 11.5 Å². The van der Waals surface area contributed by atoms with E-state index >= 15 is 0 Å². The molecule has 1 amide bonds. The average molecular weight is 422 g/mol. The van der Waals surface area contributed by atoms with Crippen molar-refractivity contribution in [3.05, 3.63) is 20.8 Å². The zero-order valence-corrected chi connectivity index (χ0v) is 19.2. The van der Waals surface area contributed by atoms with Gasteiger partial charge in [0.25, 0.3) is 5.56 Å². The normalized spacial score (nSPS) is 19.6. The summed E-state index contributed by atoms with van der Waals surface area (Å²) in [7, 11) is 0. The summed E-state index contributed by atoms with van der Waals surface area (Å²) in [6.07, 6.45) is 6.23. The second kappa shape index (κ2) is 10.3. The first-order valence-electron chi connectivity index (χ1n) is 11.3. The molecule has 1 heterocycles. The van der Waals surface area contributed by atoms with Crippen LogP contribution in [-0.2, 0) is 11.3 Å². The Morgan fingerprint density at radius 3 is 2.50 bits per heavy atom. The minimum atomic E-state index is -0.620. The molecule has 1 saturated carbocycles. The Morgan fingerprint density at radius 2 is 1.90 bits per heavy atom. The molecule has 2 atom stereocenters. The molecule has 1 fully saturated rings. The Hall–Kier alpha value is -2.09. The lowest BCUT2D eigenvalue weighted by molar-refractivity contribution is -0.118. The molecule has 0 radical (unpaired) electrons. The van der Waals surface area contributed by atoms with Crippen molar-refractivity contribution in [1.29, 1.82) is 0 Å². The molecule has 8 nitrogen and oxygen atoms in total. The van der Waals surface area contributed by atoms with Crippen LogP contribution >= 0.6 is 0 Å². The number of H-pyrrole nitrogens is 1. The number of carbonyl (C=O) groups excluding carboxylic acids is 1. The van der Waals surface area contributed by atoms with Gasteiger partial charge >= 0.3 is 5.69 Å². The molecule has 0 bridgehead atoms. The summed E-state index contributed by atoms with van der Waals surface area (Å²) in [6, 6.07) is 0.274. The molecular weight excluding hydrogens is 382 g/mol.